The van der Waals surface area contributed by atoms with Gasteiger partial charge in [-0.3, -0.25) is 9.80 Å². The van der Waals surface area contributed by atoms with Crippen LogP contribution >= 0.6 is 0 Å². The Kier molecular flexibility index (Phi) is 5.10. The molecule has 1 aliphatic rings. The molecule has 1 aromatic carbocycles. The van der Waals surface area contributed by atoms with Gasteiger partial charge in [0.25, 0.3) is 0 Å². The maximum atomic E-state index is 9.12. The van der Waals surface area contributed by atoms with Gasteiger partial charge in [0.05, 0.1) is 12.3 Å². The summed E-state index contributed by atoms with van der Waals surface area (Å²) < 4.78 is 5.49. The van der Waals surface area contributed by atoms with E-state index in [0.717, 1.165) is 43.1 Å². The van der Waals surface area contributed by atoms with Crippen LogP contribution in [-0.2, 0) is 6.54 Å². The van der Waals surface area contributed by atoms with Crippen molar-refractivity contribution in [3.63, 3.8) is 0 Å². The van der Waals surface area contributed by atoms with Crippen LogP contribution in [-0.4, -0.2) is 58.9 Å². The summed E-state index contributed by atoms with van der Waals surface area (Å²) in [6.07, 6.45) is 1.13. The molecule has 2 heterocycles. The number of aliphatic hydroxyl groups excluding tert-OH is 1. The van der Waals surface area contributed by atoms with Crippen LogP contribution in [0.4, 0.5) is 0 Å². The number of aliphatic hydroxyl groups is 1. The number of rotatable bonds is 6. The molecule has 2 aromatic rings. The predicted molar refractivity (Wildman–Crippen MR) is 89.9 cm³/mol. The highest BCUT2D eigenvalue weighted by Gasteiger charge is 2.33. The molecule has 1 saturated heterocycles. The Morgan fingerprint density at radius 1 is 1.35 bits per heavy atom. The normalized spacial score (nSPS) is 22.1. The second-order valence-corrected chi connectivity index (χ2v) is 6.32. The quantitative estimate of drug-likeness (QED) is 0.886. The molecule has 1 aromatic heterocycles. The van der Waals surface area contributed by atoms with E-state index in [1.807, 2.05) is 36.4 Å². The smallest absolute Gasteiger partial charge is 0.167 e. The molecule has 5 heteroatoms. The van der Waals surface area contributed by atoms with Crippen molar-refractivity contribution in [1.82, 2.24) is 15.0 Å². The van der Waals surface area contributed by atoms with Crippen LogP contribution in [0, 0.1) is 0 Å². The summed E-state index contributed by atoms with van der Waals surface area (Å²) in [5.41, 5.74) is 2.03. The van der Waals surface area contributed by atoms with Crippen LogP contribution in [0.25, 0.3) is 11.3 Å². The van der Waals surface area contributed by atoms with E-state index in [1.54, 1.807) is 0 Å². The second kappa shape index (κ2) is 7.25. The molecule has 5 nitrogen and oxygen atoms in total. The van der Waals surface area contributed by atoms with Gasteiger partial charge in [-0.25, -0.2) is 0 Å². The minimum atomic E-state index is 0.212. The monoisotopic (exact) mass is 315 g/mol. The van der Waals surface area contributed by atoms with Crippen LogP contribution < -0.4 is 0 Å². The van der Waals surface area contributed by atoms with Crippen LogP contribution in [0.15, 0.2) is 40.9 Å². The number of likely N-dealkylation sites (N-methyl/N-ethyl adjacent to an activating group) is 1. The molecule has 1 aliphatic heterocycles. The third-order valence-electron chi connectivity index (χ3n) is 4.85. The van der Waals surface area contributed by atoms with Gasteiger partial charge in [-0.2, -0.15) is 0 Å². The van der Waals surface area contributed by atoms with Gasteiger partial charge in [0.2, 0.25) is 0 Å². The Morgan fingerprint density at radius 2 is 2.13 bits per heavy atom. The van der Waals surface area contributed by atoms with Gasteiger partial charge in [-0.15, -0.1) is 0 Å². The van der Waals surface area contributed by atoms with E-state index in [4.69, 9.17) is 9.63 Å². The van der Waals surface area contributed by atoms with Crippen LogP contribution in [0.5, 0.6) is 0 Å². The van der Waals surface area contributed by atoms with Gasteiger partial charge in [-0.1, -0.05) is 35.5 Å². The van der Waals surface area contributed by atoms with E-state index in [2.05, 4.69) is 28.9 Å². The van der Waals surface area contributed by atoms with Crippen molar-refractivity contribution in [3.8, 4) is 11.3 Å². The summed E-state index contributed by atoms with van der Waals surface area (Å²) in [6.45, 7) is 5.05. The molecule has 1 N–H and O–H groups in total. The number of aromatic nitrogens is 1. The fourth-order valence-corrected chi connectivity index (χ4v) is 3.45. The molecule has 0 saturated carbocycles. The van der Waals surface area contributed by atoms with E-state index >= 15 is 0 Å². The third-order valence-corrected chi connectivity index (χ3v) is 4.85. The lowest BCUT2D eigenvalue weighted by atomic mass is 10.1. The van der Waals surface area contributed by atoms with Gasteiger partial charge in [0.15, 0.2) is 5.76 Å². The minimum Gasteiger partial charge on any atom is -0.395 e. The lowest BCUT2D eigenvalue weighted by Gasteiger charge is -2.30. The molecule has 0 bridgehead atoms. The van der Waals surface area contributed by atoms with Crippen molar-refractivity contribution in [2.24, 2.45) is 0 Å². The van der Waals surface area contributed by atoms with Gasteiger partial charge in [-0.05, 0) is 20.4 Å². The van der Waals surface area contributed by atoms with E-state index in [0.29, 0.717) is 12.1 Å². The predicted octanol–water partition coefficient (Wildman–Crippen LogP) is 2.23. The van der Waals surface area contributed by atoms with Crippen molar-refractivity contribution in [2.45, 2.75) is 32.0 Å². The molecule has 2 atom stereocenters. The molecule has 3 rings (SSSR count). The average molecular weight is 315 g/mol. The zero-order chi connectivity index (χ0) is 16.2. The second-order valence-electron chi connectivity index (χ2n) is 6.32. The summed E-state index contributed by atoms with van der Waals surface area (Å²) in [5, 5.41) is 13.3. The van der Waals surface area contributed by atoms with Crippen molar-refractivity contribution in [2.75, 3.05) is 26.7 Å². The van der Waals surface area contributed by atoms with E-state index < -0.39 is 0 Å². The number of nitrogens with zero attached hydrogens (tertiary/aromatic N) is 3. The number of hydrogen-bond donors (Lipinski definition) is 1. The lowest BCUT2D eigenvalue weighted by Crippen LogP contribution is -2.42. The van der Waals surface area contributed by atoms with Gasteiger partial charge < -0.3 is 9.63 Å². The number of hydrogen-bond acceptors (Lipinski definition) is 5. The highest BCUT2D eigenvalue weighted by atomic mass is 16.5. The fraction of sp³-hybridized carbons (Fsp3) is 0.500. The molecular weight excluding hydrogens is 290 g/mol. The molecule has 124 valence electrons. The lowest BCUT2D eigenvalue weighted by molar-refractivity contribution is 0.143. The molecule has 0 aliphatic carbocycles. The van der Waals surface area contributed by atoms with E-state index in [1.165, 1.54) is 0 Å². The van der Waals surface area contributed by atoms with Crippen molar-refractivity contribution in [3.05, 3.63) is 42.1 Å². The molecule has 1 fully saturated rings. The first-order valence-corrected chi connectivity index (χ1v) is 8.25. The van der Waals surface area contributed by atoms with Gasteiger partial charge in [0, 0.05) is 43.3 Å². The molecule has 0 radical (unpaired) electrons. The summed E-state index contributed by atoms with van der Waals surface area (Å²) >= 11 is 0. The summed E-state index contributed by atoms with van der Waals surface area (Å²) in [7, 11) is 2.09. The first-order chi connectivity index (χ1) is 11.2. The highest BCUT2D eigenvalue weighted by molar-refractivity contribution is 5.56. The van der Waals surface area contributed by atoms with Crippen LogP contribution in [0.1, 0.15) is 19.0 Å². The van der Waals surface area contributed by atoms with Crippen molar-refractivity contribution >= 4 is 0 Å². The zero-order valence-corrected chi connectivity index (χ0v) is 13.9. The SMILES string of the molecule is C[C@@H]1[C@H](N(C)CCO)CCN1Cc1cc(-c2ccccc2)on1. The Balaban J connectivity index is 1.63. The Morgan fingerprint density at radius 3 is 2.87 bits per heavy atom. The molecule has 0 unspecified atom stereocenters. The zero-order valence-electron chi connectivity index (χ0n) is 13.9. The van der Waals surface area contributed by atoms with Gasteiger partial charge >= 0.3 is 0 Å². The first-order valence-electron chi connectivity index (χ1n) is 8.25. The fourth-order valence-electron chi connectivity index (χ4n) is 3.45. The minimum absolute atomic E-state index is 0.212. The van der Waals surface area contributed by atoms with Crippen molar-refractivity contribution < 1.29 is 9.63 Å². The first kappa shape index (κ1) is 16.2. The van der Waals surface area contributed by atoms with Crippen molar-refractivity contribution in [1.29, 1.82) is 0 Å². The Bertz CT molecular complexity index is 614. The average Bonchev–Trinajstić information content (AvgIpc) is 3.17. The Labute approximate surface area is 137 Å². The maximum Gasteiger partial charge on any atom is 0.167 e. The molecule has 23 heavy (non-hydrogen) atoms. The number of benzene rings is 1. The summed E-state index contributed by atoms with van der Waals surface area (Å²) in [5.74, 6) is 0.821. The summed E-state index contributed by atoms with van der Waals surface area (Å²) in [6, 6.07) is 13.0. The largest absolute Gasteiger partial charge is 0.395 e. The van der Waals surface area contributed by atoms with Crippen LogP contribution in [0.2, 0.25) is 0 Å². The topological polar surface area (TPSA) is 52.7 Å². The standard InChI is InChI=1S/C18H25N3O2/c1-14-17(20(2)10-11-22)8-9-21(14)13-16-12-18(23-19-16)15-6-4-3-5-7-15/h3-7,12,14,17,22H,8-11,13H2,1-2H3/t14-,17-/m1/s1. The highest BCUT2D eigenvalue weighted by Crippen LogP contribution is 2.25. The van der Waals surface area contributed by atoms with E-state index in [-0.39, 0.29) is 6.61 Å². The van der Waals surface area contributed by atoms with E-state index in [9.17, 15) is 0 Å². The molecule has 0 spiro atoms. The molecular formula is C18H25N3O2. The molecule has 0 amide bonds. The Hall–Kier alpha value is -1.69. The maximum absolute atomic E-state index is 9.12. The summed E-state index contributed by atoms with van der Waals surface area (Å²) in [4.78, 5) is 4.69. The van der Waals surface area contributed by atoms with Gasteiger partial charge in [0.1, 0.15) is 0 Å². The number of likely N-dealkylation sites (tertiary alicyclic amines) is 1. The third kappa shape index (κ3) is 3.63. The van der Waals surface area contributed by atoms with Crippen LogP contribution in [0.3, 0.4) is 0 Å².